The third-order valence-electron chi connectivity index (χ3n) is 5.83. The summed E-state index contributed by atoms with van der Waals surface area (Å²) >= 11 is 1.67. The molecule has 0 saturated carbocycles. The molecular weight excluding hydrogens is 448 g/mol. The van der Waals surface area contributed by atoms with Gasteiger partial charge in [-0.3, -0.25) is 4.79 Å². The third kappa shape index (κ3) is 6.40. The molecule has 0 radical (unpaired) electrons. The van der Waals surface area contributed by atoms with Gasteiger partial charge in [-0.1, -0.05) is 54.2 Å². The van der Waals surface area contributed by atoms with Crippen LogP contribution in [-0.2, 0) is 32.5 Å². The molecule has 1 aliphatic heterocycles. The van der Waals surface area contributed by atoms with Crippen molar-refractivity contribution in [1.82, 2.24) is 9.55 Å². The predicted molar refractivity (Wildman–Crippen MR) is 135 cm³/mol. The second-order valence-corrected chi connectivity index (χ2v) is 11.0. The van der Waals surface area contributed by atoms with Gasteiger partial charge in [0.1, 0.15) is 5.60 Å². The van der Waals surface area contributed by atoms with Gasteiger partial charge in [0.25, 0.3) is 0 Å². The van der Waals surface area contributed by atoms with Crippen LogP contribution in [-0.4, -0.2) is 44.9 Å². The number of para-hydroxylation sites is 2. The summed E-state index contributed by atoms with van der Waals surface area (Å²) in [5.41, 5.74) is 2.65. The SMILES string of the molecule is Cn1c(SC[C@@H]2C[C@H](CC(=O)OC(C)(C)Cc3ccccc3)OC(C)(C)O2)nc2ccccc21. The van der Waals surface area contributed by atoms with Crippen LogP contribution in [0.1, 0.15) is 46.1 Å². The van der Waals surface area contributed by atoms with Gasteiger partial charge in [-0.05, 0) is 45.4 Å². The van der Waals surface area contributed by atoms with E-state index in [1.165, 1.54) is 0 Å². The molecule has 4 rings (SSSR count). The number of ether oxygens (including phenoxy) is 3. The van der Waals surface area contributed by atoms with E-state index >= 15 is 0 Å². The van der Waals surface area contributed by atoms with Gasteiger partial charge < -0.3 is 18.8 Å². The lowest BCUT2D eigenvalue weighted by Gasteiger charge is -2.40. The molecule has 3 aromatic rings. The number of aromatic nitrogens is 2. The molecule has 34 heavy (non-hydrogen) atoms. The van der Waals surface area contributed by atoms with E-state index in [1.54, 1.807) is 11.8 Å². The third-order valence-corrected chi connectivity index (χ3v) is 6.99. The Hall–Kier alpha value is -2.35. The van der Waals surface area contributed by atoms with Crippen LogP contribution < -0.4 is 0 Å². The van der Waals surface area contributed by atoms with Crippen LogP contribution in [0.25, 0.3) is 11.0 Å². The first-order valence-electron chi connectivity index (χ1n) is 11.8. The molecule has 0 spiro atoms. The molecule has 2 aromatic carbocycles. The second-order valence-electron chi connectivity index (χ2n) is 9.97. The molecule has 182 valence electrons. The quantitative estimate of drug-likeness (QED) is 0.311. The van der Waals surface area contributed by atoms with Crippen LogP contribution in [0.3, 0.4) is 0 Å². The van der Waals surface area contributed by atoms with Gasteiger partial charge in [-0.25, -0.2) is 4.98 Å². The molecule has 1 aromatic heterocycles. The van der Waals surface area contributed by atoms with Crippen molar-refractivity contribution in [2.24, 2.45) is 7.05 Å². The molecule has 0 unspecified atom stereocenters. The lowest BCUT2D eigenvalue weighted by Crippen LogP contribution is -2.46. The monoisotopic (exact) mass is 482 g/mol. The van der Waals surface area contributed by atoms with Crippen molar-refractivity contribution in [3.05, 3.63) is 60.2 Å². The number of aryl methyl sites for hydroxylation is 1. The lowest BCUT2D eigenvalue weighted by atomic mass is 9.98. The highest BCUT2D eigenvalue weighted by atomic mass is 32.2. The van der Waals surface area contributed by atoms with E-state index in [0.29, 0.717) is 12.8 Å². The Kier molecular flexibility index (Phi) is 7.36. The van der Waals surface area contributed by atoms with Crippen molar-refractivity contribution in [1.29, 1.82) is 0 Å². The minimum Gasteiger partial charge on any atom is -0.459 e. The van der Waals surface area contributed by atoms with Crippen molar-refractivity contribution in [2.75, 3.05) is 5.75 Å². The van der Waals surface area contributed by atoms with Crippen LogP contribution in [0, 0.1) is 0 Å². The standard InChI is InChI=1S/C27H34N2O4S/c1-26(2,17-19-11-7-6-8-12-19)33-24(30)16-20-15-21(32-27(3,4)31-20)18-34-25-28-22-13-9-10-14-23(22)29(25)5/h6-14,20-21H,15-18H2,1-5H3/t20-,21+/m1/s1. The molecule has 0 N–H and O–H groups in total. The highest BCUT2D eigenvalue weighted by Gasteiger charge is 2.37. The number of carbonyl (C=O) groups excluding carboxylic acids is 1. The molecule has 2 heterocycles. The van der Waals surface area contributed by atoms with Gasteiger partial charge in [0.15, 0.2) is 10.9 Å². The number of rotatable bonds is 8. The molecular formula is C27H34N2O4S. The number of benzene rings is 2. The van der Waals surface area contributed by atoms with Crippen molar-refractivity contribution < 1.29 is 19.0 Å². The number of esters is 1. The van der Waals surface area contributed by atoms with Crippen molar-refractivity contribution in [3.8, 4) is 0 Å². The van der Waals surface area contributed by atoms with Crippen LogP contribution in [0.5, 0.6) is 0 Å². The zero-order valence-electron chi connectivity index (χ0n) is 20.6. The number of hydrogen-bond donors (Lipinski definition) is 0. The van der Waals surface area contributed by atoms with E-state index in [-0.39, 0.29) is 24.6 Å². The summed E-state index contributed by atoms with van der Waals surface area (Å²) in [6, 6.07) is 18.2. The Labute approximate surface area is 206 Å². The zero-order valence-corrected chi connectivity index (χ0v) is 21.4. The van der Waals surface area contributed by atoms with E-state index in [4.69, 9.17) is 19.2 Å². The van der Waals surface area contributed by atoms with Gasteiger partial charge in [0.05, 0.1) is 29.7 Å². The Morgan fingerprint density at radius 3 is 2.53 bits per heavy atom. The number of hydrogen-bond acceptors (Lipinski definition) is 6. The summed E-state index contributed by atoms with van der Waals surface area (Å²) in [6.07, 6.45) is 1.20. The maximum atomic E-state index is 12.8. The Balaban J connectivity index is 1.34. The largest absolute Gasteiger partial charge is 0.459 e. The lowest BCUT2D eigenvalue weighted by molar-refractivity contribution is -0.295. The summed E-state index contributed by atoms with van der Waals surface area (Å²) in [5, 5.41) is 0.952. The number of thioether (sulfide) groups is 1. The molecule has 1 aliphatic rings. The fourth-order valence-electron chi connectivity index (χ4n) is 4.53. The first kappa shape index (κ1) is 24.8. The fourth-order valence-corrected chi connectivity index (χ4v) is 5.52. The average Bonchev–Trinajstić information content (AvgIpc) is 3.07. The molecule has 1 saturated heterocycles. The van der Waals surface area contributed by atoms with Gasteiger partial charge >= 0.3 is 5.97 Å². The summed E-state index contributed by atoms with van der Waals surface area (Å²) < 4.78 is 20.2. The molecule has 0 amide bonds. The average molecular weight is 483 g/mol. The van der Waals surface area contributed by atoms with Crippen molar-refractivity contribution >= 4 is 28.8 Å². The van der Waals surface area contributed by atoms with Gasteiger partial charge in [-0.15, -0.1) is 0 Å². The first-order chi connectivity index (χ1) is 16.1. The van der Waals surface area contributed by atoms with E-state index in [9.17, 15) is 4.79 Å². The van der Waals surface area contributed by atoms with E-state index in [0.717, 1.165) is 27.5 Å². The van der Waals surface area contributed by atoms with Gasteiger partial charge in [0, 0.05) is 25.6 Å². The van der Waals surface area contributed by atoms with Crippen molar-refractivity contribution in [3.63, 3.8) is 0 Å². The minimum absolute atomic E-state index is 0.0521. The zero-order chi connectivity index (χ0) is 24.3. The second kappa shape index (κ2) is 10.1. The van der Waals surface area contributed by atoms with E-state index in [1.807, 2.05) is 83.3 Å². The fraction of sp³-hybridized carbons (Fsp3) is 0.481. The highest BCUT2D eigenvalue weighted by Crippen LogP contribution is 2.32. The van der Waals surface area contributed by atoms with Gasteiger partial charge in [0.2, 0.25) is 0 Å². The smallest absolute Gasteiger partial charge is 0.308 e. The van der Waals surface area contributed by atoms with Crippen LogP contribution in [0.15, 0.2) is 59.8 Å². The van der Waals surface area contributed by atoms with E-state index in [2.05, 4.69) is 10.6 Å². The Morgan fingerprint density at radius 1 is 1.12 bits per heavy atom. The number of fused-ring (bicyclic) bond motifs is 1. The topological polar surface area (TPSA) is 62.6 Å². The van der Waals surface area contributed by atoms with Gasteiger partial charge in [-0.2, -0.15) is 0 Å². The van der Waals surface area contributed by atoms with Crippen molar-refractivity contribution in [2.45, 2.75) is 75.7 Å². The maximum absolute atomic E-state index is 12.8. The van der Waals surface area contributed by atoms with Crippen LogP contribution in [0.2, 0.25) is 0 Å². The summed E-state index contributed by atoms with van der Waals surface area (Å²) in [6.45, 7) is 7.69. The Morgan fingerprint density at radius 2 is 1.79 bits per heavy atom. The highest BCUT2D eigenvalue weighted by molar-refractivity contribution is 7.99. The molecule has 0 bridgehead atoms. The molecule has 0 aliphatic carbocycles. The molecule has 6 nitrogen and oxygen atoms in total. The number of carbonyl (C=O) groups is 1. The summed E-state index contributed by atoms with van der Waals surface area (Å²) in [7, 11) is 2.03. The van der Waals surface area contributed by atoms with Crippen LogP contribution >= 0.6 is 11.8 Å². The first-order valence-corrected chi connectivity index (χ1v) is 12.7. The summed E-state index contributed by atoms with van der Waals surface area (Å²) in [4.78, 5) is 17.5. The number of nitrogens with zero attached hydrogens (tertiary/aromatic N) is 2. The maximum Gasteiger partial charge on any atom is 0.308 e. The summed E-state index contributed by atoms with van der Waals surface area (Å²) in [5.74, 6) is -0.277. The molecule has 2 atom stereocenters. The van der Waals surface area contributed by atoms with Crippen LogP contribution in [0.4, 0.5) is 0 Å². The Bertz CT molecular complexity index is 1130. The minimum atomic E-state index is -0.764. The molecule has 7 heteroatoms. The number of imidazole rings is 1. The molecule has 1 fully saturated rings. The predicted octanol–water partition coefficient (Wildman–Crippen LogP) is 5.53. The van der Waals surface area contributed by atoms with E-state index < -0.39 is 11.4 Å². The normalized spacial score (nSPS) is 20.4.